The molecule has 0 aromatic heterocycles. The van der Waals surface area contributed by atoms with Gasteiger partial charge in [0.05, 0.1) is 33.0 Å². The summed E-state index contributed by atoms with van der Waals surface area (Å²) in [6.45, 7) is 0.949. The molecule has 2 N–H and O–H groups in total. The van der Waals surface area contributed by atoms with E-state index in [1.165, 1.54) is 46.4 Å². The maximum absolute atomic E-state index is 13.2. The van der Waals surface area contributed by atoms with E-state index in [1.807, 2.05) is 24.3 Å². The smallest absolute Gasteiger partial charge is 0.488 e. The van der Waals surface area contributed by atoms with Crippen LogP contribution in [0.5, 0.6) is 11.5 Å². The number of ether oxygens (including phenoxy) is 2. The highest BCUT2D eigenvalue weighted by Crippen LogP contribution is 2.19. The van der Waals surface area contributed by atoms with E-state index in [0.717, 1.165) is 17.0 Å². The Morgan fingerprint density at radius 3 is 1.65 bits per heavy atom. The predicted molar refractivity (Wildman–Crippen MR) is 180 cm³/mol. The van der Waals surface area contributed by atoms with Gasteiger partial charge in [-0.1, -0.05) is 35.9 Å². The van der Waals surface area contributed by atoms with Gasteiger partial charge in [-0.2, -0.15) is 10.2 Å². The quantitative estimate of drug-likeness (QED) is 0.286. The number of carbonyl (C=O) groups excluding carboxylic acids is 2. The molecule has 0 atom stereocenters. The fraction of sp³-hybridized carbons (Fsp3) is 0.176. The molecular formula is C34H32BClF2N4O6. The van der Waals surface area contributed by atoms with Gasteiger partial charge in [0, 0.05) is 24.0 Å². The molecule has 0 saturated carbocycles. The molecule has 10 nitrogen and oxygen atoms in total. The van der Waals surface area contributed by atoms with E-state index in [9.17, 15) is 18.4 Å². The van der Waals surface area contributed by atoms with Crippen LogP contribution in [0.15, 0.2) is 107 Å². The largest absolute Gasteiger partial charge is 0.497 e. The van der Waals surface area contributed by atoms with Crippen LogP contribution in [0.4, 0.5) is 8.78 Å². The fourth-order valence-corrected chi connectivity index (χ4v) is 4.66. The van der Waals surface area contributed by atoms with Crippen molar-refractivity contribution >= 4 is 46.9 Å². The maximum Gasteiger partial charge on any atom is 0.488 e. The van der Waals surface area contributed by atoms with Gasteiger partial charge in [0.15, 0.2) is 0 Å². The third kappa shape index (κ3) is 9.95. The van der Waals surface area contributed by atoms with Crippen molar-refractivity contribution in [3.8, 4) is 11.5 Å². The highest BCUT2D eigenvalue weighted by molar-refractivity contribution is 6.65. The van der Waals surface area contributed by atoms with Crippen LogP contribution in [-0.2, 0) is 0 Å². The summed E-state index contributed by atoms with van der Waals surface area (Å²) in [6.07, 6.45) is 1.23. The Morgan fingerprint density at radius 2 is 1.21 bits per heavy atom. The molecule has 0 unspecified atom stereocenters. The van der Waals surface area contributed by atoms with Crippen LogP contribution >= 0.6 is 11.6 Å². The number of amides is 2. The molecule has 2 heterocycles. The highest BCUT2D eigenvalue weighted by Gasteiger charge is 2.23. The molecule has 14 heteroatoms. The standard InChI is InChI=1S/C17H15FN2O2.C10H8ClFN2O.C7H9BO3/c1-22-15-7-5-12(6-8-15)16-9-10-20(19-16)17(21)13-3-2-4-14(18)11-13;11-9-4-5-14(13-9)10(15)7-2-1-3-8(12)6-7;1-11-7-4-2-6(3-5-7)8(9)10/h2-8,11H,9-10H2,1H3;1-3,6H,4-5H2;2-5,9-10H,1H3. The van der Waals surface area contributed by atoms with E-state index in [1.54, 1.807) is 50.6 Å². The summed E-state index contributed by atoms with van der Waals surface area (Å²) in [7, 11) is 1.77. The van der Waals surface area contributed by atoms with Crippen molar-refractivity contribution in [1.82, 2.24) is 10.0 Å². The number of nitrogens with zero attached hydrogens (tertiary/aromatic N) is 4. The van der Waals surface area contributed by atoms with Crippen LogP contribution in [0.3, 0.4) is 0 Å². The number of halogens is 3. The lowest BCUT2D eigenvalue weighted by Gasteiger charge is -2.11. The Hall–Kier alpha value is -5.11. The summed E-state index contributed by atoms with van der Waals surface area (Å²) in [5.74, 6) is -0.00266. The zero-order valence-corrected chi connectivity index (χ0v) is 26.8. The van der Waals surface area contributed by atoms with Gasteiger partial charge >= 0.3 is 7.12 Å². The summed E-state index contributed by atoms with van der Waals surface area (Å²) in [6, 6.07) is 25.2. The van der Waals surface area contributed by atoms with Crippen molar-refractivity contribution in [2.45, 2.75) is 12.8 Å². The lowest BCUT2D eigenvalue weighted by Crippen LogP contribution is -2.29. The van der Waals surface area contributed by atoms with Crippen molar-refractivity contribution in [3.05, 3.63) is 125 Å². The molecule has 0 aliphatic carbocycles. The Morgan fingerprint density at radius 1 is 0.729 bits per heavy atom. The number of hydrogen-bond donors (Lipinski definition) is 2. The van der Waals surface area contributed by atoms with Crippen molar-refractivity contribution in [2.24, 2.45) is 10.2 Å². The van der Waals surface area contributed by atoms with Gasteiger partial charge in [0.1, 0.15) is 28.3 Å². The van der Waals surface area contributed by atoms with Gasteiger partial charge in [0.25, 0.3) is 11.8 Å². The van der Waals surface area contributed by atoms with Crippen LogP contribution < -0.4 is 14.9 Å². The predicted octanol–water partition coefficient (Wildman–Crippen LogP) is 4.68. The summed E-state index contributed by atoms with van der Waals surface area (Å²) in [5.41, 5.74) is 2.85. The minimum absolute atomic E-state index is 0.283. The molecule has 0 saturated heterocycles. The molecule has 0 spiro atoms. The molecule has 4 aromatic rings. The molecule has 48 heavy (non-hydrogen) atoms. The topological polar surface area (TPSA) is 124 Å². The second kappa shape index (κ2) is 17.2. The average molecular weight is 677 g/mol. The highest BCUT2D eigenvalue weighted by atomic mass is 35.5. The molecule has 2 amide bonds. The summed E-state index contributed by atoms with van der Waals surface area (Å²) in [5, 5.41) is 28.6. The number of hydrogen-bond acceptors (Lipinski definition) is 8. The van der Waals surface area contributed by atoms with E-state index in [0.29, 0.717) is 47.9 Å². The zero-order chi connectivity index (χ0) is 34.6. The summed E-state index contributed by atoms with van der Waals surface area (Å²) in [4.78, 5) is 24.0. The van der Waals surface area contributed by atoms with E-state index < -0.39 is 18.8 Å². The number of rotatable bonds is 6. The van der Waals surface area contributed by atoms with Crippen LogP contribution in [0.25, 0.3) is 0 Å². The van der Waals surface area contributed by atoms with Crippen LogP contribution in [0, 0.1) is 11.6 Å². The number of benzene rings is 4. The minimum Gasteiger partial charge on any atom is -0.497 e. The third-order valence-electron chi connectivity index (χ3n) is 7.01. The Labute approximate surface area is 281 Å². The SMILES string of the molecule is COc1ccc(B(O)O)cc1.COc1ccc(C2=NN(C(=O)c3cccc(F)c3)CC2)cc1.O=C(c1cccc(F)c1)N1CCC(Cl)=N1. The molecule has 0 bridgehead atoms. The lowest BCUT2D eigenvalue weighted by molar-refractivity contribution is 0.0770. The monoisotopic (exact) mass is 676 g/mol. The van der Waals surface area contributed by atoms with Gasteiger partial charge in [0.2, 0.25) is 0 Å². The number of hydrazone groups is 2. The Kier molecular flexibility index (Phi) is 12.8. The summed E-state index contributed by atoms with van der Waals surface area (Å²) >= 11 is 5.65. The molecule has 0 fully saturated rings. The van der Waals surface area contributed by atoms with Gasteiger partial charge in [-0.15, -0.1) is 0 Å². The Balaban J connectivity index is 0.000000174. The molecule has 4 aromatic carbocycles. The van der Waals surface area contributed by atoms with Gasteiger partial charge in [-0.25, -0.2) is 18.8 Å². The molecule has 2 aliphatic rings. The van der Waals surface area contributed by atoms with Gasteiger partial charge in [-0.3, -0.25) is 9.59 Å². The van der Waals surface area contributed by atoms with E-state index >= 15 is 0 Å². The maximum atomic E-state index is 13.2. The molecule has 248 valence electrons. The van der Waals surface area contributed by atoms with E-state index in [2.05, 4.69) is 10.2 Å². The first-order valence-electron chi connectivity index (χ1n) is 14.7. The summed E-state index contributed by atoms with van der Waals surface area (Å²) < 4.78 is 36.1. The first kappa shape index (κ1) is 35.7. The lowest BCUT2D eigenvalue weighted by atomic mass is 9.80. The van der Waals surface area contributed by atoms with E-state index in [-0.39, 0.29) is 17.4 Å². The number of carbonyl (C=O) groups is 2. The van der Waals surface area contributed by atoms with Crippen molar-refractivity contribution in [3.63, 3.8) is 0 Å². The normalized spacial score (nSPS) is 13.3. The zero-order valence-electron chi connectivity index (χ0n) is 26.1. The fourth-order valence-electron chi connectivity index (χ4n) is 4.48. The minimum atomic E-state index is -1.40. The van der Waals surface area contributed by atoms with Crippen LogP contribution in [-0.4, -0.2) is 77.2 Å². The average Bonchev–Trinajstić information content (AvgIpc) is 3.78. The van der Waals surface area contributed by atoms with Crippen molar-refractivity contribution in [2.75, 3.05) is 27.3 Å². The first-order valence-corrected chi connectivity index (χ1v) is 15.1. The van der Waals surface area contributed by atoms with Crippen molar-refractivity contribution in [1.29, 1.82) is 0 Å². The van der Waals surface area contributed by atoms with Gasteiger partial charge < -0.3 is 19.5 Å². The van der Waals surface area contributed by atoms with E-state index in [4.69, 9.17) is 31.1 Å². The van der Waals surface area contributed by atoms with Crippen LogP contribution in [0.1, 0.15) is 39.1 Å². The second-order valence-electron chi connectivity index (χ2n) is 10.3. The molecule has 0 radical (unpaired) electrons. The Bertz CT molecular complexity index is 1770. The molecule has 2 aliphatic heterocycles. The first-order chi connectivity index (χ1) is 23.1. The van der Waals surface area contributed by atoms with Gasteiger partial charge in [-0.05, 0) is 83.8 Å². The third-order valence-corrected chi connectivity index (χ3v) is 7.27. The molecular weight excluding hydrogens is 645 g/mol. The number of methoxy groups -OCH3 is 2. The van der Waals surface area contributed by atoms with Crippen LogP contribution in [0.2, 0.25) is 0 Å². The second-order valence-corrected chi connectivity index (χ2v) is 10.7. The molecule has 6 rings (SSSR count). The van der Waals surface area contributed by atoms with Crippen molar-refractivity contribution < 1.29 is 37.9 Å².